The minimum Gasteiger partial charge on any atom is -0.426 e. The van der Waals surface area contributed by atoms with Crippen LogP contribution in [0, 0.1) is 5.92 Å². The van der Waals surface area contributed by atoms with E-state index >= 15 is 0 Å². The van der Waals surface area contributed by atoms with Crippen molar-refractivity contribution in [1.82, 2.24) is 4.90 Å². The Hall–Kier alpha value is -1.35. The fraction of sp³-hybridized carbons (Fsp3) is 0.533. The molecule has 2 atom stereocenters. The monoisotopic (exact) mass is 245 g/mol. The van der Waals surface area contributed by atoms with E-state index in [0.717, 1.165) is 32.4 Å². The minimum atomic E-state index is -0.0437. The molecule has 0 bridgehead atoms. The quantitative estimate of drug-likeness (QED) is 0.592. The van der Waals surface area contributed by atoms with E-state index in [4.69, 9.17) is 4.74 Å². The Kier molecular flexibility index (Phi) is 3.33. The van der Waals surface area contributed by atoms with Crippen molar-refractivity contribution >= 4 is 5.97 Å². The Balaban J connectivity index is 1.68. The maximum atomic E-state index is 12.3. The molecular formula is C15H19NO2. The third-order valence-corrected chi connectivity index (χ3v) is 4.10. The fourth-order valence-corrected chi connectivity index (χ4v) is 3.25. The van der Waals surface area contributed by atoms with Crippen molar-refractivity contribution in [3.05, 3.63) is 30.3 Å². The molecule has 2 fully saturated rings. The zero-order valence-corrected chi connectivity index (χ0v) is 10.5. The summed E-state index contributed by atoms with van der Waals surface area (Å²) in [4.78, 5) is 14.7. The van der Waals surface area contributed by atoms with Crippen LogP contribution in [0.5, 0.6) is 5.75 Å². The Morgan fingerprint density at radius 3 is 2.61 bits per heavy atom. The molecule has 18 heavy (non-hydrogen) atoms. The molecule has 0 unspecified atom stereocenters. The molecule has 3 nitrogen and oxygen atoms in total. The second kappa shape index (κ2) is 5.11. The van der Waals surface area contributed by atoms with Gasteiger partial charge in [0.1, 0.15) is 5.75 Å². The second-order valence-corrected chi connectivity index (χ2v) is 5.23. The molecule has 0 N–H and O–H groups in total. The van der Waals surface area contributed by atoms with Gasteiger partial charge in [-0.2, -0.15) is 0 Å². The molecule has 96 valence electrons. The maximum Gasteiger partial charge on any atom is 0.315 e. The molecule has 0 radical (unpaired) electrons. The first-order chi connectivity index (χ1) is 8.84. The summed E-state index contributed by atoms with van der Waals surface area (Å²) in [5, 5.41) is 0. The van der Waals surface area contributed by atoms with Crippen molar-refractivity contribution in [2.75, 3.05) is 13.1 Å². The largest absolute Gasteiger partial charge is 0.426 e. The van der Waals surface area contributed by atoms with Gasteiger partial charge in [-0.3, -0.25) is 9.69 Å². The molecule has 0 spiro atoms. The van der Waals surface area contributed by atoms with Gasteiger partial charge in [0.2, 0.25) is 0 Å². The number of benzene rings is 1. The van der Waals surface area contributed by atoms with Gasteiger partial charge in [0.05, 0.1) is 5.92 Å². The maximum absolute atomic E-state index is 12.3. The molecule has 0 aliphatic carbocycles. The molecule has 3 heteroatoms. The summed E-state index contributed by atoms with van der Waals surface area (Å²) in [5.74, 6) is 0.692. The van der Waals surface area contributed by atoms with Crippen molar-refractivity contribution in [2.45, 2.75) is 31.7 Å². The van der Waals surface area contributed by atoms with E-state index in [1.165, 1.54) is 6.42 Å². The van der Waals surface area contributed by atoms with E-state index in [1.807, 2.05) is 30.3 Å². The number of hydrogen-bond acceptors (Lipinski definition) is 3. The van der Waals surface area contributed by atoms with Crippen LogP contribution < -0.4 is 4.74 Å². The molecule has 2 heterocycles. The summed E-state index contributed by atoms with van der Waals surface area (Å²) in [6, 6.07) is 9.82. The molecule has 0 amide bonds. The van der Waals surface area contributed by atoms with Gasteiger partial charge in [0, 0.05) is 6.04 Å². The van der Waals surface area contributed by atoms with Gasteiger partial charge in [-0.25, -0.2) is 0 Å². The normalized spacial score (nSPS) is 27.8. The van der Waals surface area contributed by atoms with Crippen LogP contribution in [-0.4, -0.2) is 30.0 Å². The molecule has 2 saturated heterocycles. The van der Waals surface area contributed by atoms with E-state index in [1.54, 1.807) is 0 Å². The lowest BCUT2D eigenvalue weighted by molar-refractivity contribution is -0.142. The van der Waals surface area contributed by atoms with Crippen LogP contribution in [0.2, 0.25) is 0 Å². The Labute approximate surface area is 108 Å². The number of piperidine rings is 1. The third-order valence-electron chi connectivity index (χ3n) is 4.10. The van der Waals surface area contributed by atoms with Crippen LogP contribution in [0.15, 0.2) is 30.3 Å². The standard InChI is InChI=1S/C15H19NO2/c17-15(18-12-6-2-1-3-7-12)13-8-4-10-16-11-5-9-14(13)16/h1-3,6-7,13-14H,4-5,8-11H2/t13-,14+/m1/s1. The number of esters is 1. The van der Waals surface area contributed by atoms with Gasteiger partial charge in [0.25, 0.3) is 0 Å². The molecule has 0 saturated carbocycles. The summed E-state index contributed by atoms with van der Waals surface area (Å²) >= 11 is 0. The summed E-state index contributed by atoms with van der Waals surface area (Å²) < 4.78 is 5.50. The summed E-state index contributed by atoms with van der Waals surface area (Å²) in [6.45, 7) is 2.31. The van der Waals surface area contributed by atoms with Crippen molar-refractivity contribution in [3.63, 3.8) is 0 Å². The van der Waals surface area contributed by atoms with E-state index in [2.05, 4.69) is 4.90 Å². The zero-order chi connectivity index (χ0) is 12.4. The van der Waals surface area contributed by atoms with Crippen LogP contribution in [0.3, 0.4) is 0 Å². The first-order valence-electron chi connectivity index (χ1n) is 6.85. The zero-order valence-electron chi connectivity index (χ0n) is 10.5. The fourth-order valence-electron chi connectivity index (χ4n) is 3.25. The SMILES string of the molecule is O=C(Oc1ccccc1)[C@@H]1CCCN2CCC[C@@H]12. The summed E-state index contributed by atoms with van der Waals surface area (Å²) in [7, 11) is 0. The number of ether oxygens (including phenoxy) is 1. The Bertz CT molecular complexity index is 418. The van der Waals surface area contributed by atoms with Gasteiger partial charge in [-0.15, -0.1) is 0 Å². The number of fused-ring (bicyclic) bond motifs is 1. The highest BCUT2D eigenvalue weighted by Crippen LogP contribution is 2.32. The van der Waals surface area contributed by atoms with Crippen molar-refractivity contribution in [3.8, 4) is 5.75 Å². The topological polar surface area (TPSA) is 29.5 Å². The molecule has 2 aliphatic rings. The molecular weight excluding hydrogens is 226 g/mol. The lowest BCUT2D eigenvalue weighted by Crippen LogP contribution is -2.45. The molecule has 2 aliphatic heterocycles. The first-order valence-corrected chi connectivity index (χ1v) is 6.85. The van der Waals surface area contributed by atoms with Crippen molar-refractivity contribution in [1.29, 1.82) is 0 Å². The Morgan fingerprint density at radius 2 is 1.83 bits per heavy atom. The van der Waals surface area contributed by atoms with Gasteiger partial charge in [0.15, 0.2) is 0 Å². The number of hydrogen-bond donors (Lipinski definition) is 0. The number of carbonyl (C=O) groups excluding carboxylic acids is 1. The van der Waals surface area contributed by atoms with Gasteiger partial charge in [-0.05, 0) is 50.9 Å². The van der Waals surface area contributed by atoms with Gasteiger partial charge < -0.3 is 4.74 Å². The molecule has 0 aromatic heterocycles. The number of rotatable bonds is 2. The molecule has 1 aromatic rings. The van der Waals surface area contributed by atoms with Gasteiger partial charge in [-0.1, -0.05) is 18.2 Å². The number of nitrogens with zero attached hydrogens (tertiary/aromatic N) is 1. The van der Waals surface area contributed by atoms with Crippen molar-refractivity contribution in [2.24, 2.45) is 5.92 Å². The van der Waals surface area contributed by atoms with E-state index in [9.17, 15) is 4.79 Å². The highest BCUT2D eigenvalue weighted by atomic mass is 16.5. The van der Waals surface area contributed by atoms with E-state index in [0.29, 0.717) is 11.8 Å². The van der Waals surface area contributed by atoms with Crippen LogP contribution >= 0.6 is 0 Å². The van der Waals surface area contributed by atoms with Crippen LogP contribution in [-0.2, 0) is 4.79 Å². The predicted molar refractivity (Wildman–Crippen MR) is 69.4 cm³/mol. The average Bonchev–Trinajstić information content (AvgIpc) is 2.87. The summed E-state index contributed by atoms with van der Waals surface area (Å²) in [5.41, 5.74) is 0. The molecule has 3 rings (SSSR count). The second-order valence-electron chi connectivity index (χ2n) is 5.23. The predicted octanol–water partition coefficient (Wildman–Crippen LogP) is 2.47. The van der Waals surface area contributed by atoms with Crippen LogP contribution in [0.4, 0.5) is 0 Å². The van der Waals surface area contributed by atoms with Crippen LogP contribution in [0.25, 0.3) is 0 Å². The van der Waals surface area contributed by atoms with Crippen LogP contribution in [0.1, 0.15) is 25.7 Å². The molecule has 1 aromatic carbocycles. The smallest absolute Gasteiger partial charge is 0.315 e. The lowest BCUT2D eigenvalue weighted by atomic mass is 9.89. The highest BCUT2D eigenvalue weighted by Gasteiger charge is 2.39. The lowest BCUT2D eigenvalue weighted by Gasteiger charge is -2.35. The third kappa shape index (κ3) is 2.27. The highest BCUT2D eigenvalue weighted by molar-refractivity contribution is 5.76. The number of para-hydroxylation sites is 1. The average molecular weight is 245 g/mol. The van der Waals surface area contributed by atoms with E-state index < -0.39 is 0 Å². The van der Waals surface area contributed by atoms with Gasteiger partial charge >= 0.3 is 5.97 Å². The van der Waals surface area contributed by atoms with E-state index in [-0.39, 0.29) is 11.9 Å². The Morgan fingerprint density at radius 1 is 1.11 bits per heavy atom. The summed E-state index contributed by atoms with van der Waals surface area (Å²) in [6.07, 6.45) is 4.46. The number of carbonyl (C=O) groups is 1. The minimum absolute atomic E-state index is 0.0437. The van der Waals surface area contributed by atoms with Crippen molar-refractivity contribution < 1.29 is 9.53 Å². The first kappa shape index (κ1) is 11.7.